The highest BCUT2D eigenvalue weighted by molar-refractivity contribution is 7.89. The number of benzene rings is 3. The van der Waals surface area contributed by atoms with Crippen LogP contribution >= 0.6 is 11.6 Å². The minimum atomic E-state index is -3.97. The second-order valence-electron chi connectivity index (χ2n) is 6.25. The molecule has 3 aromatic rings. The van der Waals surface area contributed by atoms with Crippen LogP contribution in [-0.2, 0) is 16.6 Å². The molecule has 0 aliphatic carbocycles. The van der Waals surface area contributed by atoms with Crippen molar-refractivity contribution in [2.45, 2.75) is 11.4 Å². The second-order valence-corrected chi connectivity index (χ2v) is 8.45. The zero-order chi connectivity index (χ0) is 21.7. The number of carbonyl (C=O) groups is 1. The molecule has 0 bridgehead atoms. The van der Waals surface area contributed by atoms with Crippen LogP contribution in [0.3, 0.4) is 0 Å². The van der Waals surface area contributed by atoms with Crippen molar-refractivity contribution in [2.24, 2.45) is 0 Å². The van der Waals surface area contributed by atoms with Crippen molar-refractivity contribution in [1.82, 2.24) is 4.72 Å². The average molecular weight is 449 g/mol. The molecule has 30 heavy (non-hydrogen) atoms. The Morgan fingerprint density at radius 3 is 2.50 bits per heavy atom. The summed E-state index contributed by atoms with van der Waals surface area (Å²) in [5.74, 6) is -1.38. The Labute approximate surface area is 178 Å². The maximum Gasteiger partial charge on any atom is 0.258 e. The topological polar surface area (TPSA) is 84.5 Å². The predicted molar refractivity (Wildman–Crippen MR) is 113 cm³/mol. The summed E-state index contributed by atoms with van der Waals surface area (Å²) in [6.07, 6.45) is 0. The van der Waals surface area contributed by atoms with E-state index >= 15 is 0 Å². The van der Waals surface area contributed by atoms with Crippen LogP contribution < -0.4 is 14.8 Å². The fourth-order valence-electron chi connectivity index (χ4n) is 2.67. The van der Waals surface area contributed by atoms with E-state index in [-0.39, 0.29) is 17.1 Å². The maximum absolute atomic E-state index is 14.3. The van der Waals surface area contributed by atoms with Gasteiger partial charge in [-0.3, -0.25) is 4.79 Å². The fourth-order valence-corrected chi connectivity index (χ4v) is 3.89. The number of anilines is 1. The van der Waals surface area contributed by atoms with Crippen LogP contribution in [0.25, 0.3) is 0 Å². The van der Waals surface area contributed by atoms with E-state index in [1.54, 1.807) is 36.4 Å². The number of ether oxygens (including phenoxy) is 1. The molecule has 0 fully saturated rings. The standard InChI is InChI=1S/C21H18ClFN2O4S/c1-29-20-10-7-15(22)11-19(20)25-21(26)17-12-16(8-9-18(17)23)30(27,28)24-13-14-5-3-2-4-6-14/h2-12,24H,13H2,1H3,(H,25,26). The molecule has 3 rings (SSSR count). The molecule has 0 spiro atoms. The molecule has 1 amide bonds. The number of nitrogens with one attached hydrogen (secondary N) is 2. The van der Waals surface area contributed by atoms with E-state index in [1.165, 1.54) is 13.2 Å². The highest BCUT2D eigenvalue weighted by Gasteiger charge is 2.20. The first kappa shape index (κ1) is 21.8. The number of amides is 1. The minimum Gasteiger partial charge on any atom is -0.495 e. The molecule has 0 aromatic heterocycles. The molecule has 2 N–H and O–H groups in total. The van der Waals surface area contributed by atoms with Gasteiger partial charge in [0.05, 0.1) is 23.3 Å². The van der Waals surface area contributed by atoms with Crippen LogP contribution in [0.4, 0.5) is 10.1 Å². The molecule has 6 nitrogen and oxygen atoms in total. The van der Waals surface area contributed by atoms with Crippen LogP contribution in [0.5, 0.6) is 5.75 Å². The van der Waals surface area contributed by atoms with E-state index in [2.05, 4.69) is 10.0 Å². The van der Waals surface area contributed by atoms with Gasteiger partial charge < -0.3 is 10.1 Å². The Bertz CT molecular complexity index is 1170. The molecule has 0 atom stereocenters. The number of rotatable bonds is 7. The van der Waals surface area contributed by atoms with Gasteiger partial charge in [0, 0.05) is 11.6 Å². The lowest BCUT2D eigenvalue weighted by molar-refractivity contribution is 0.102. The lowest BCUT2D eigenvalue weighted by Crippen LogP contribution is -2.24. The third kappa shape index (κ3) is 5.15. The number of hydrogen-bond donors (Lipinski definition) is 2. The first-order valence-electron chi connectivity index (χ1n) is 8.78. The molecule has 3 aromatic carbocycles. The van der Waals surface area contributed by atoms with Crippen molar-refractivity contribution in [2.75, 3.05) is 12.4 Å². The maximum atomic E-state index is 14.3. The van der Waals surface area contributed by atoms with Gasteiger partial charge in [0.2, 0.25) is 10.0 Å². The van der Waals surface area contributed by atoms with Gasteiger partial charge in [0.1, 0.15) is 11.6 Å². The van der Waals surface area contributed by atoms with E-state index in [1.807, 2.05) is 6.07 Å². The molecule has 0 radical (unpaired) electrons. The molecule has 0 saturated heterocycles. The lowest BCUT2D eigenvalue weighted by Gasteiger charge is -2.12. The summed E-state index contributed by atoms with van der Waals surface area (Å²) < 4.78 is 47.1. The van der Waals surface area contributed by atoms with Gasteiger partial charge >= 0.3 is 0 Å². The van der Waals surface area contributed by atoms with E-state index < -0.39 is 27.3 Å². The van der Waals surface area contributed by atoms with Crippen LogP contribution in [-0.4, -0.2) is 21.4 Å². The third-order valence-corrected chi connectivity index (χ3v) is 5.85. The Hall–Kier alpha value is -2.94. The van der Waals surface area contributed by atoms with Gasteiger partial charge in [0.25, 0.3) is 5.91 Å². The van der Waals surface area contributed by atoms with Gasteiger partial charge in [-0.2, -0.15) is 0 Å². The quantitative estimate of drug-likeness (QED) is 0.566. The van der Waals surface area contributed by atoms with Crippen molar-refractivity contribution in [3.8, 4) is 5.75 Å². The number of carbonyl (C=O) groups excluding carboxylic acids is 1. The summed E-state index contributed by atoms with van der Waals surface area (Å²) >= 11 is 5.94. The SMILES string of the molecule is COc1ccc(Cl)cc1NC(=O)c1cc(S(=O)(=O)NCc2ccccc2)ccc1F. The summed E-state index contributed by atoms with van der Waals surface area (Å²) in [6, 6.07) is 16.5. The van der Waals surface area contributed by atoms with Crippen LogP contribution in [0.1, 0.15) is 15.9 Å². The van der Waals surface area contributed by atoms with Gasteiger partial charge in [-0.15, -0.1) is 0 Å². The van der Waals surface area contributed by atoms with E-state index in [0.717, 1.165) is 23.8 Å². The summed E-state index contributed by atoms with van der Waals surface area (Å²) in [6.45, 7) is 0.0573. The van der Waals surface area contributed by atoms with Crippen molar-refractivity contribution in [1.29, 1.82) is 0 Å². The molecular formula is C21H18ClFN2O4S. The zero-order valence-electron chi connectivity index (χ0n) is 15.9. The number of hydrogen-bond acceptors (Lipinski definition) is 4. The molecule has 156 valence electrons. The minimum absolute atomic E-state index is 0.0573. The fraction of sp³-hybridized carbons (Fsp3) is 0.0952. The van der Waals surface area contributed by atoms with Gasteiger partial charge in [-0.05, 0) is 42.0 Å². The molecule has 0 aliphatic rings. The smallest absolute Gasteiger partial charge is 0.258 e. The third-order valence-electron chi connectivity index (χ3n) is 4.21. The predicted octanol–water partition coefficient (Wildman–Crippen LogP) is 4.22. The van der Waals surface area contributed by atoms with E-state index in [4.69, 9.17) is 16.3 Å². The van der Waals surface area contributed by atoms with E-state index in [0.29, 0.717) is 10.8 Å². The number of halogens is 2. The van der Waals surface area contributed by atoms with Crippen molar-refractivity contribution in [3.05, 3.63) is 88.7 Å². The Morgan fingerprint density at radius 2 is 1.80 bits per heavy atom. The molecule has 0 saturated carbocycles. The van der Waals surface area contributed by atoms with Crippen molar-refractivity contribution in [3.63, 3.8) is 0 Å². The molecule has 0 aliphatic heterocycles. The van der Waals surface area contributed by atoms with Crippen LogP contribution in [0, 0.1) is 5.82 Å². The van der Waals surface area contributed by atoms with Crippen LogP contribution in [0.2, 0.25) is 5.02 Å². The second kappa shape index (κ2) is 9.25. The molecule has 0 unspecified atom stereocenters. The van der Waals surface area contributed by atoms with Gasteiger partial charge in [-0.25, -0.2) is 17.5 Å². The molecule has 9 heteroatoms. The Kier molecular flexibility index (Phi) is 6.71. The Morgan fingerprint density at radius 1 is 1.07 bits per heavy atom. The number of methoxy groups -OCH3 is 1. The first-order valence-corrected chi connectivity index (χ1v) is 10.6. The van der Waals surface area contributed by atoms with Crippen molar-refractivity contribution >= 4 is 33.2 Å². The highest BCUT2D eigenvalue weighted by Crippen LogP contribution is 2.28. The summed E-state index contributed by atoms with van der Waals surface area (Å²) in [7, 11) is -2.56. The normalized spacial score (nSPS) is 11.2. The first-order chi connectivity index (χ1) is 14.3. The average Bonchev–Trinajstić information content (AvgIpc) is 2.73. The summed E-state index contributed by atoms with van der Waals surface area (Å²) in [4.78, 5) is 12.4. The molecule has 0 heterocycles. The monoisotopic (exact) mass is 448 g/mol. The summed E-state index contributed by atoms with van der Waals surface area (Å²) in [5.41, 5.74) is 0.554. The Balaban J connectivity index is 1.84. The largest absolute Gasteiger partial charge is 0.495 e. The van der Waals surface area contributed by atoms with E-state index in [9.17, 15) is 17.6 Å². The molecular weight excluding hydrogens is 431 g/mol. The van der Waals surface area contributed by atoms with Gasteiger partial charge in [0.15, 0.2) is 0 Å². The number of sulfonamides is 1. The van der Waals surface area contributed by atoms with Gasteiger partial charge in [-0.1, -0.05) is 41.9 Å². The zero-order valence-corrected chi connectivity index (χ0v) is 17.4. The lowest BCUT2D eigenvalue weighted by atomic mass is 10.2. The summed E-state index contributed by atoms with van der Waals surface area (Å²) in [5, 5.41) is 2.83. The van der Waals surface area contributed by atoms with Crippen molar-refractivity contribution < 1.29 is 22.3 Å². The highest BCUT2D eigenvalue weighted by atomic mass is 35.5. The van der Waals surface area contributed by atoms with Crippen LogP contribution in [0.15, 0.2) is 71.6 Å².